The number of ether oxygens (including phenoxy) is 2. The maximum atomic E-state index is 14.1. The number of nitrogens with one attached hydrogen (secondary N) is 2. The van der Waals surface area contributed by atoms with Gasteiger partial charge >= 0.3 is 19.1 Å². The van der Waals surface area contributed by atoms with Gasteiger partial charge in [-0.3, -0.25) is 19.3 Å². The first-order chi connectivity index (χ1) is 44.2. The van der Waals surface area contributed by atoms with Crippen molar-refractivity contribution in [1.82, 2.24) is 20.8 Å². The van der Waals surface area contributed by atoms with Gasteiger partial charge < -0.3 is 76.2 Å². The van der Waals surface area contributed by atoms with Gasteiger partial charge in [0.05, 0.1) is 77.5 Å². The number of amides is 2. The number of aliphatic hydroxyl groups is 4. The SMILES string of the molecule is C.C=O.COc1c(CN2O[C@@H](CO)[C@@H]([C@H](C)O)C2C(=O)N[C@H]2C[C@H]3CC([C@@H]2C)C3(C)C)ccc(Cl)c1I.COc1c(CN2O[C@@H](CO)[C@@H]([C@H](C)O)[C@H]2C(=O)N[C@H]2C[C@H]3CC([C@@H]2C)C3(C)C)ccc(Cl)c1-c1cc(C(=O)O)cc(N(C)C)c1.Nc1cc(B(O)O)cc(C(=O)O)c1. The van der Waals surface area contributed by atoms with Gasteiger partial charge in [-0.25, -0.2) is 9.59 Å². The number of hydrogen-bond donors (Lipinski definition) is 11. The van der Waals surface area contributed by atoms with Gasteiger partial charge in [0.15, 0.2) is 0 Å². The van der Waals surface area contributed by atoms with E-state index in [4.69, 9.17) is 68.0 Å². The number of rotatable bonds is 19. The number of anilines is 2. The fourth-order valence-electron chi connectivity index (χ4n) is 15.5. The molecule has 3 unspecified atom stereocenters. The highest BCUT2D eigenvalue weighted by Gasteiger charge is 2.59. The average molecular weight is 1480 g/mol. The number of nitrogens with zero attached hydrogens (tertiary/aromatic N) is 3. The zero-order chi connectivity index (χ0) is 69.9. The monoisotopic (exact) mass is 1480 g/mol. The van der Waals surface area contributed by atoms with Crippen molar-refractivity contribution in [2.75, 3.05) is 52.2 Å². The highest BCUT2D eigenvalue weighted by Crippen LogP contribution is 2.62. The molecule has 2 saturated heterocycles. The molecule has 0 spiro atoms. The van der Waals surface area contributed by atoms with Gasteiger partial charge in [-0.1, -0.05) is 84.3 Å². The third kappa shape index (κ3) is 16.5. The lowest BCUT2D eigenvalue weighted by molar-refractivity contribution is -0.183. The van der Waals surface area contributed by atoms with E-state index < -0.39 is 67.4 Å². The molecular weight excluding hydrogens is 1380 g/mol. The van der Waals surface area contributed by atoms with Crippen molar-refractivity contribution < 1.29 is 83.8 Å². The first-order valence-corrected chi connectivity index (χ1v) is 33.3. The number of nitrogen functional groups attached to an aromatic ring is 1. The summed E-state index contributed by atoms with van der Waals surface area (Å²) in [6.07, 6.45) is 1.07. The van der Waals surface area contributed by atoms with Gasteiger partial charge in [-0.15, -0.1) is 0 Å². The Labute approximate surface area is 581 Å². The average Bonchev–Trinajstić information content (AvgIpc) is 1.33. The fourth-order valence-corrected chi connectivity index (χ4v) is 16.7. The van der Waals surface area contributed by atoms with Gasteiger partial charge in [-0.05, 0) is 168 Å². The quantitative estimate of drug-likeness (QED) is 0.0252. The van der Waals surface area contributed by atoms with Gasteiger partial charge in [0.25, 0.3) is 0 Å². The largest absolute Gasteiger partial charge is 0.496 e. The minimum atomic E-state index is -1.71. The van der Waals surface area contributed by atoms with Crippen LogP contribution in [0.5, 0.6) is 11.5 Å². The number of aromatic carboxylic acids is 2. The molecule has 27 heteroatoms. The van der Waals surface area contributed by atoms with Gasteiger partial charge in [0.1, 0.15) is 42.6 Å². The number of methoxy groups -OCH3 is 2. The van der Waals surface area contributed by atoms with E-state index in [2.05, 4.69) is 74.8 Å². The highest BCUT2D eigenvalue weighted by molar-refractivity contribution is 14.1. The van der Waals surface area contributed by atoms with Crippen LogP contribution < -0.4 is 36.2 Å². The lowest BCUT2D eigenvalue weighted by Gasteiger charge is -2.62. The molecule has 2 aliphatic heterocycles. The topological polar surface area (TPSA) is 344 Å². The Kier molecular flexibility index (Phi) is 26.9. The molecule has 95 heavy (non-hydrogen) atoms. The Morgan fingerprint density at radius 3 is 1.53 bits per heavy atom. The number of halogens is 3. The molecule has 12 rings (SSSR count). The minimum absolute atomic E-state index is 0. The van der Waals surface area contributed by atoms with Gasteiger partial charge in [-0.2, -0.15) is 10.1 Å². The molecule has 0 radical (unpaired) electrons. The summed E-state index contributed by atoms with van der Waals surface area (Å²) < 4.78 is 12.3. The molecule has 4 bridgehead atoms. The van der Waals surface area contributed by atoms with E-state index in [1.54, 1.807) is 56.4 Å². The van der Waals surface area contributed by atoms with E-state index >= 15 is 0 Å². The van der Waals surface area contributed by atoms with E-state index in [0.717, 1.165) is 28.0 Å². The molecule has 4 aromatic carbocycles. The molecule has 23 nitrogen and oxygen atoms in total. The third-order valence-electron chi connectivity index (χ3n) is 21.0. The molecular formula is C68H96BCl2IN6O17. The number of hydrogen-bond acceptors (Lipinski definition) is 19. The Bertz CT molecular complexity index is 3370. The number of carboxylic acid groups (broad SMARTS) is 2. The normalized spacial score (nSPS) is 28.1. The van der Waals surface area contributed by atoms with Crippen molar-refractivity contribution in [3.63, 3.8) is 0 Å². The van der Waals surface area contributed by atoms with Crippen molar-refractivity contribution in [3.8, 4) is 22.6 Å². The van der Waals surface area contributed by atoms with E-state index in [9.17, 15) is 44.7 Å². The standard InChI is InChI=1S/C34H46ClN3O7.C25H36ClIN2O5.C7H8BNO4.CH2O.CH4/c1-17-24-13-22(34(24,3)4)14-26(17)36-32(41)30-28(18(2)40)27(16-39)45-38(30)15-19-8-9-25(35)29(31(19)44-7)20-10-21(33(42)43)12-23(11-20)37(5)6;1-12-16-8-15(25(16,3)4)9-18(12)28-24(32)22-20(13(2)31)19(11-30)34-29(22)10-14-6-7-17(26)21(27)23(14)33-5;9-6-2-4(7(10)11)1-5(3-6)8(12)13;1-2;/h8-12,17-18,22,24,26-28,30,39-40H,13-16H2,1-7H3,(H,36,41)(H,42,43);6-7,12-13,15-16,18-20,22,30-31H,8-11H2,1-5H3,(H,28,32);1-3,12-13H,9H2,(H,10,11);1H2;1H4/t17-,18-,22+,24?,26-,27-,28+,30-;12-,13-,15+,16?,18-,19-,20+,22?;;;/m00.../s1. The Morgan fingerprint density at radius 1 is 0.716 bits per heavy atom. The van der Waals surface area contributed by atoms with E-state index in [1.807, 2.05) is 37.9 Å². The van der Waals surface area contributed by atoms with Crippen LogP contribution in [0.25, 0.3) is 11.1 Å². The van der Waals surface area contributed by atoms with Crippen molar-refractivity contribution in [1.29, 1.82) is 0 Å². The van der Waals surface area contributed by atoms with E-state index in [0.29, 0.717) is 84.8 Å². The van der Waals surface area contributed by atoms with Crippen LogP contribution in [0, 0.1) is 61.7 Å². The molecule has 6 aliphatic carbocycles. The first-order valence-electron chi connectivity index (χ1n) is 31.5. The van der Waals surface area contributed by atoms with Crippen molar-refractivity contribution in [2.45, 2.75) is 150 Å². The van der Waals surface area contributed by atoms with Crippen LogP contribution in [-0.4, -0.2) is 179 Å². The summed E-state index contributed by atoms with van der Waals surface area (Å²) in [5.74, 6) is 0.174. The number of benzene rings is 4. The molecule has 16 atom stereocenters. The molecule has 8 fully saturated rings. The molecule has 524 valence electrons. The summed E-state index contributed by atoms with van der Waals surface area (Å²) in [5, 5.41) is 88.1. The molecule has 0 aromatic heterocycles. The predicted octanol–water partition coefficient (Wildman–Crippen LogP) is 7.15. The van der Waals surface area contributed by atoms with E-state index in [1.165, 1.54) is 37.1 Å². The predicted molar refractivity (Wildman–Crippen MR) is 372 cm³/mol. The summed E-state index contributed by atoms with van der Waals surface area (Å²) in [7, 11) is 5.03. The van der Waals surface area contributed by atoms with Crippen LogP contribution in [0.2, 0.25) is 10.0 Å². The molecule has 6 saturated carbocycles. The minimum Gasteiger partial charge on any atom is -0.496 e. The number of hydroxylamine groups is 4. The molecule has 2 amide bonds. The van der Waals surface area contributed by atoms with Crippen LogP contribution in [-0.2, 0) is 37.1 Å². The van der Waals surface area contributed by atoms with Crippen molar-refractivity contribution in [3.05, 3.63) is 96.5 Å². The van der Waals surface area contributed by atoms with Gasteiger partial charge in [0.2, 0.25) is 11.8 Å². The third-order valence-corrected chi connectivity index (χ3v) is 23.0. The van der Waals surface area contributed by atoms with Crippen molar-refractivity contribution >= 4 is 100 Å². The molecule has 8 aliphatic rings. The number of nitrogens with two attached hydrogens (primary N) is 1. The molecule has 4 aromatic rings. The Balaban J connectivity index is 0.000000251. The van der Waals surface area contributed by atoms with Crippen LogP contribution in [0.4, 0.5) is 11.4 Å². The number of fused-ring (bicyclic) bond motifs is 4. The lowest BCUT2D eigenvalue weighted by atomic mass is 9.45. The summed E-state index contributed by atoms with van der Waals surface area (Å²) in [6.45, 7) is 18.7. The molecule has 2 heterocycles. The van der Waals surface area contributed by atoms with Crippen molar-refractivity contribution in [2.24, 2.45) is 58.2 Å². The van der Waals surface area contributed by atoms with Crippen LogP contribution in [0.15, 0.2) is 60.7 Å². The summed E-state index contributed by atoms with van der Waals surface area (Å²) >= 11 is 15.1. The zero-order valence-corrected chi connectivity index (χ0v) is 58.9. The number of aliphatic hydroxyl groups excluding tert-OH is 4. The lowest BCUT2D eigenvalue weighted by Crippen LogP contribution is -2.62. The van der Waals surface area contributed by atoms with Crippen LogP contribution >= 0.6 is 45.8 Å². The Hall–Kier alpha value is -5.40. The first kappa shape index (κ1) is 78.6. The number of carbonyl (C=O) groups excluding carboxylic acids is 3. The van der Waals surface area contributed by atoms with E-state index in [-0.39, 0.29) is 85.3 Å². The second-order valence-electron chi connectivity index (χ2n) is 27.2. The smallest absolute Gasteiger partial charge is 0.488 e. The Morgan fingerprint density at radius 2 is 1.15 bits per heavy atom. The highest BCUT2D eigenvalue weighted by atomic mass is 127. The van der Waals surface area contributed by atoms with Crippen LogP contribution in [0.1, 0.15) is 120 Å². The summed E-state index contributed by atoms with van der Waals surface area (Å²) in [6, 6.07) is 14.3. The van der Waals surface area contributed by atoms with Gasteiger partial charge in [0, 0.05) is 66.1 Å². The van der Waals surface area contributed by atoms with Crippen LogP contribution in [0.3, 0.4) is 0 Å². The maximum Gasteiger partial charge on any atom is 0.488 e. The fraction of sp³-hybridized carbons (Fsp3) is 0.574. The second kappa shape index (κ2) is 32.5. The second-order valence-corrected chi connectivity index (χ2v) is 29.1. The summed E-state index contributed by atoms with van der Waals surface area (Å²) in [5.41, 5.74) is 9.42. The molecule has 12 N–H and O–H groups in total. The maximum absolute atomic E-state index is 14.1. The zero-order valence-electron chi connectivity index (χ0n) is 55.3. The summed E-state index contributed by atoms with van der Waals surface area (Å²) in [4.78, 5) is 72.3. The number of carboxylic acids is 2. The number of carbonyl (C=O) groups is 5.